The van der Waals surface area contributed by atoms with Gasteiger partial charge in [0.15, 0.2) is 5.78 Å². The Hall–Kier alpha value is -2.02. The van der Waals surface area contributed by atoms with E-state index in [2.05, 4.69) is 16.0 Å². The largest absolute Gasteiger partial charge is 0.295 e. The number of allylic oxidation sites excluding steroid dienone is 2. The van der Waals surface area contributed by atoms with Crippen molar-refractivity contribution >= 4 is 11.4 Å². The van der Waals surface area contributed by atoms with Gasteiger partial charge in [0.2, 0.25) is 0 Å². The molecule has 1 aromatic rings. The lowest BCUT2D eigenvalue weighted by atomic mass is 9.85. The quantitative estimate of drug-likeness (QED) is 0.685. The standard InChI is InChI=1S/C11H9N3O/c12-4-8-1-2-10(15)3-11(8)9-5-13-7-14-6-9/h3,5-8H,1-2H2. The molecule has 0 fully saturated rings. The first-order chi connectivity index (χ1) is 7.31. The Balaban J connectivity index is 2.42. The van der Waals surface area contributed by atoms with Crippen molar-refractivity contribution in [2.24, 2.45) is 5.92 Å². The van der Waals surface area contributed by atoms with Gasteiger partial charge in [-0.3, -0.25) is 4.79 Å². The van der Waals surface area contributed by atoms with E-state index in [0.29, 0.717) is 12.8 Å². The molecule has 0 spiro atoms. The molecule has 15 heavy (non-hydrogen) atoms. The molecule has 0 aliphatic heterocycles. The van der Waals surface area contributed by atoms with Crippen LogP contribution in [-0.4, -0.2) is 15.8 Å². The van der Waals surface area contributed by atoms with E-state index in [0.717, 1.165) is 11.1 Å². The van der Waals surface area contributed by atoms with E-state index >= 15 is 0 Å². The van der Waals surface area contributed by atoms with E-state index in [1.165, 1.54) is 12.4 Å². The summed E-state index contributed by atoms with van der Waals surface area (Å²) >= 11 is 0. The summed E-state index contributed by atoms with van der Waals surface area (Å²) < 4.78 is 0. The normalized spacial score (nSPS) is 20.6. The monoisotopic (exact) mass is 199 g/mol. The molecule has 0 radical (unpaired) electrons. The van der Waals surface area contributed by atoms with Gasteiger partial charge in [-0.1, -0.05) is 0 Å². The number of hydrogen-bond donors (Lipinski definition) is 0. The number of ketones is 1. The maximum absolute atomic E-state index is 11.3. The molecule has 2 rings (SSSR count). The van der Waals surface area contributed by atoms with Gasteiger partial charge in [-0.25, -0.2) is 9.97 Å². The number of aromatic nitrogens is 2. The average Bonchev–Trinajstić information content (AvgIpc) is 2.30. The minimum absolute atomic E-state index is 0.0698. The molecule has 1 heterocycles. The number of nitriles is 1. The van der Waals surface area contributed by atoms with E-state index < -0.39 is 0 Å². The van der Waals surface area contributed by atoms with Gasteiger partial charge in [-0.15, -0.1) is 0 Å². The van der Waals surface area contributed by atoms with Crippen molar-refractivity contribution in [2.45, 2.75) is 12.8 Å². The van der Waals surface area contributed by atoms with Gasteiger partial charge in [-0.2, -0.15) is 5.26 Å². The molecule has 1 aliphatic rings. The number of nitrogens with zero attached hydrogens (tertiary/aromatic N) is 3. The Morgan fingerprint density at radius 1 is 1.40 bits per heavy atom. The van der Waals surface area contributed by atoms with Crippen LogP contribution >= 0.6 is 0 Å². The zero-order valence-electron chi connectivity index (χ0n) is 8.05. The topological polar surface area (TPSA) is 66.6 Å². The Morgan fingerprint density at radius 3 is 2.80 bits per heavy atom. The van der Waals surface area contributed by atoms with Crippen LogP contribution in [0.15, 0.2) is 24.8 Å². The molecule has 1 aromatic heterocycles. The minimum Gasteiger partial charge on any atom is -0.295 e. The summed E-state index contributed by atoms with van der Waals surface area (Å²) in [6.45, 7) is 0. The van der Waals surface area contributed by atoms with Gasteiger partial charge < -0.3 is 0 Å². The number of carbonyl (C=O) groups excluding carboxylic acids is 1. The molecule has 4 heteroatoms. The fourth-order valence-electron chi connectivity index (χ4n) is 1.66. The van der Waals surface area contributed by atoms with E-state index in [1.807, 2.05) is 0 Å². The molecule has 0 N–H and O–H groups in total. The molecule has 4 nitrogen and oxygen atoms in total. The van der Waals surface area contributed by atoms with E-state index in [4.69, 9.17) is 5.26 Å². The highest BCUT2D eigenvalue weighted by Gasteiger charge is 2.22. The lowest BCUT2D eigenvalue weighted by molar-refractivity contribution is -0.115. The summed E-state index contributed by atoms with van der Waals surface area (Å²) in [7, 11) is 0. The Labute approximate surface area is 87.3 Å². The summed E-state index contributed by atoms with van der Waals surface area (Å²) in [6.07, 6.45) is 7.27. The van der Waals surface area contributed by atoms with Crippen LogP contribution in [-0.2, 0) is 4.79 Å². The van der Waals surface area contributed by atoms with Crippen molar-refractivity contribution in [2.75, 3.05) is 0 Å². The number of rotatable bonds is 1. The van der Waals surface area contributed by atoms with Gasteiger partial charge in [-0.05, 0) is 18.1 Å². The Morgan fingerprint density at radius 2 is 2.13 bits per heavy atom. The van der Waals surface area contributed by atoms with Crippen molar-refractivity contribution in [3.05, 3.63) is 30.4 Å². The predicted octanol–water partition coefficient (Wildman–Crippen LogP) is 1.36. The smallest absolute Gasteiger partial charge is 0.156 e. The maximum Gasteiger partial charge on any atom is 0.156 e. The maximum atomic E-state index is 11.3. The first-order valence-corrected chi connectivity index (χ1v) is 4.70. The third kappa shape index (κ3) is 1.91. The van der Waals surface area contributed by atoms with Gasteiger partial charge in [0.1, 0.15) is 6.33 Å². The molecule has 1 unspecified atom stereocenters. The van der Waals surface area contributed by atoms with Crippen LogP contribution in [0.5, 0.6) is 0 Å². The highest BCUT2D eigenvalue weighted by Crippen LogP contribution is 2.29. The third-order valence-electron chi connectivity index (χ3n) is 2.42. The van der Waals surface area contributed by atoms with Crippen molar-refractivity contribution in [3.8, 4) is 6.07 Å². The first-order valence-electron chi connectivity index (χ1n) is 4.70. The van der Waals surface area contributed by atoms with Gasteiger partial charge in [0.25, 0.3) is 0 Å². The first kappa shape index (κ1) is 9.53. The fraction of sp³-hybridized carbons (Fsp3) is 0.273. The van der Waals surface area contributed by atoms with Crippen LogP contribution in [0.3, 0.4) is 0 Å². The second kappa shape index (κ2) is 4.01. The lowest BCUT2D eigenvalue weighted by Gasteiger charge is -2.16. The molecule has 74 valence electrons. The van der Waals surface area contributed by atoms with Crippen molar-refractivity contribution in [3.63, 3.8) is 0 Å². The molecule has 0 bridgehead atoms. The Bertz CT molecular complexity index is 445. The zero-order chi connectivity index (χ0) is 10.7. The van der Waals surface area contributed by atoms with Gasteiger partial charge in [0.05, 0.1) is 12.0 Å². The third-order valence-corrected chi connectivity index (χ3v) is 2.42. The molecule has 0 amide bonds. The predicted molar refractivity (Wildman–Crippen MR) is 53.4 cm³/mol. The number of hydrogen-bond acceptors (Lipinski definition) is 4. The summed E-state index contributed by atoms with van der Waals surface area (Å²) in [6, 6.07) is 2.20. The van der Waals surface area contributed by atoms with Crippen LogP contribution in [0.2, 0.25) is 0 Å². The van der Waals surface area contributed by atoms with Crippen molar-refractivity contribution in [1.29, 1.82) is 5.26 Å². The van der Waals surface area contributed by atoms with Crippen LogP contribution < -0.4 is 0 Å². The second-order valence-corrected chi connectivity index (χ2v) is 3.41. The van der Waals surface area contributed by atoms with Gasteiger partial charge >= 0.3 is 0 Å². The molecule has 1 aliphatic carbocycles. The second-order valence-electron chi connectivity index (χ2n) is 3.41. The van der Waals surface area contributed by atoms with Crippen molar-refractivity contribution < 1.29 is 4.79 Å². The minimum atomic E-state index is -0.214. The SMILES string of the molecule is N#CC1CCC(=O)C=C1c1cncnc1. The summed E-state index contributed by atoms with van der Waals surface area (Å²) in [4.78, 5) is 19.0. The molecule has 0 aromatic carbocycles. The molecule has 0 saturated carbocycles. The van der Waals surface area contributed by atoms with E-state index in [-0.39, 0.29) is 11.7 Å². The summed E-state index contributed by atoms with van der Waals surface area (Å²) in [5, 5.41) is 8.97. The summed E-state index contributed by atoms with van der Waals surface area (Å²) in [5.41, 5.74) is 1.51. The van der Waals surface area contributed by atoms with Crippen LogP contribution in [0.25, 0.3) is 5.57 Å². The molecule has 0 saturated heterocycles. The molecule has 1 atom stereocenters. The van der Waals surface area contributed by atoms with Crippen LogP contribution in [0, 0.1) is 17.2 Å². The Kier molecular flexibility index (Phi) is 2.55. The van der Waals surface area contributed by atoms with E-state index in [9.17, 15) is 4.79 Å². The summed E-state index contributed by atoms with van der Waals surface area (Å²) in [5.74, 6) is -0.144. The lowest BCUT2D eigenvalue weighted by Crippen LogP contribution is -2.12. The fourth-order valence-corrected chi connectivity index (χ4v) is 1.66. The molecular formula is C11H9N3O. The average molecular weight is 199 g/mol. The molecular weight excluding hydrogens is 190 g/mol. The van der Waals surface area contributed by atoms with Crippen LogP contribution in [0.1, 0.15) is 18.4 Å². The van der Waals surface area contributed by atoms with Crippen LogP contribution in [0.4, 0.5) is 0 Å². The highest BCUT2D eigenvalue weighted by molar-refractivity contribution is 5.99. The van der Waals surface area contributed by atoms with E-state index in [1.54, 1.807) is 12.4 Å². The highest BCUT2D eigenvalue weighted by atomic mass is 16.1. The zero-order valence-corrected chi connectivity index (χ0v) is 8.05. The number of carbonyl (C=O) groups is 1. The van der Waals surface area contributed by atoms with Gasteiger partial charge in [0, 0.05) is 24.4 Å². The van der Waals surface area contributed by atoms with Crippen molar-refractivity contribution in [1.82, 2.24) is 9.97 Å².